The molecule has 1 aromatic rings. The molecule has 3 nitrogen and oxygen atoms in total. The van der Waals surface area contributed by atoms with Crippen LogP contribution in [-0.2, 0) is 5.11 Å². The molecule has 1 unspecified atom stereocenters. The Kier molecular flexibility index (Phi) is 3.28. The number of halogens is 1. The summed E-state index contributed by atoms with van der Waals surface area (Å²) in [6.45, 7) is 1.37. The Labute approximate surface area is 81.3 Å². The topological polar surface area (TPSA) is 49.0 Å². The van der Waals surface area contributed by atoms with E-state index < -0.39 is 6.23 Å². The fraction of sp³-hybridized carbons (Fsp3) is 0.222. The van der Waals surface area contributed by atoms with Gasteiger partial charge < -0.3 is 5.32 Å². The van der Waals surface area contributed by atoms with Crippen LogP contribution in [0.4, 0.5) is 0 Å². The predicted molar refractivity (Wildman–Crippen MR) is 49.1 cm³/mol. The summed E-state index contributed by atoms with van der Waals surface area (Å²) in [5.41, 5.74) is 0.437. The average molecular weight is 199 g/mol. The van der Waals surface area contributed by atoms with Crippen LogP contribution in [0.3, 0.4) is 0 Å². The largest absolute Gasteiger partial charge is 0.324 e. The molecule has 0 bridgehead atoms. The first-order chi connectivity index (χ1) is 6.09. The fourth-order valence-electron chi connectivity index (χ4n) is 0.869. The lowest BCUT2D eigenvalue weighted by atomic mass is 10.2. The molecule has 0 spiro atoms. The zero-order valence-electron chi connectivity index (χ0n) is 7.08. The number of amides is 1. The molecule has 1 amide bonds. The van der Waals surface area contributed by atoms with Gasteiger partial charge >= 0.3 is 0 Å². The summed E-state index contributed by atoms with van der Waals surface area (Å²) in [5, 5.41) is 13.4. The van der Waals surface area contributed by atoms with E-state index >= 15 is 0 Å². The Hall–Kier alpha value is -1.06. The minimum absolute atomic E-state index is 0.376. The highest BCUT2D eigenvalue weighted by Crippen LogP contribution is 2.09. The summed E-state index contributed by atoms with van der Waals surface area (Å²) in [4.78, 5) is 11.2. The van der Waals surface area contributed by atoms with Crippen molar-refractivity contribution in [2.75, 3.05) is 0 Å². The molecule has 0 aliphatic heterocycles. The summed E-state index contributed by atoms with van der Waals surface area (Å²) in [6, 6.07) is 6.35. The molecule has 1 atom stereocenters. The normalized spacial score (nSPS) is 12.2. The van der Waals surface area contributed by atoms with E-state index in [2.05, 4.69) is 5.32 Å². The number of nitrogens with one attached hydrogen (secondary N) is 1. The van der Waals surface area contributed by atoms with Crippen LogP contribution >= 0.6 is 11.6 Å². The molecule has 0 fully saturated rings. The maximum atomic E-state index is 11.2. The molecule has 0 aliphatic carbocycles. The van der Waals surface area contributed by atoms with Crippen LogP contribution in [0.2, 0.25) is 5.02 Å². The van der Waals surface area contributed by atoms with Gasteiger partial charge in [0, 0.05) is 10.6 Å². The van der Waals surface area contributed by atoms with Gasteiger partial charge in [-0.25, -0.2) is 5.11 Å². The molecule has 0 saturated heterocycles. The van der Waals surface area contributed by atoms with Gasteiger partial charge in [0.1, 0.15) is 0 Å². The van der Waals surface area contributed by atoms with E-state index in [0.717, 1.165) is 0 Å². The predicted octanol–water partition coefficient (Wildman–Crippen LogP) is 1.85. The van der Waals surface area contributed by atoms with Crippen molar-refractivity contribution in [2.24, 2.45) is 0 Å². The Balaban J connectivity index is 2.72. The van der Waals surface area contributed by atoms with Crippen LogP contribution < -0.4 is 5.32 Å². The number of benzene rings is 1. The second kappa shape index (κ2) is 4.25. The van der Waals surface area contributed by atoms with Crippen molar-refractivity contribution in [3.05, 3.63) is 34.9 Å². The Morgan fingerprint density at radius 2 is 1.92 bits per heavy atom. The molecular formula is C9H9ClNO2. The van der Waals surface area contributed by atoms with Crippen LogP contribution in [0.1, 0.15) is 17.3 Å². The van der Waals surface area contributed by atoms with Crippen molar-refractivity contribution in [2.45, 2.75) is 13.2 Å². The van der Waals surface area contributed by atoms with Gasteiger partial charge in [0.2, 0.25) is 0 Å². The summed E-state index contributed by atoms with van der Waals surface area (Å²) in [7, 11) is 0. The first-order valence-corrected chi connectivity index (χ1v) is 4.19. The number of carbonyl (C=O) groups excluding carboxylic acids is 1. The van der Waals surface area contributed by atoms with Crippen LogP contribution in [0.25, 0.3) is 0 Å². The second-order valence-corrected chi connectivity index (χ2v) is 3.06. The first-order valence-electron chi connectivity index (χ1n) is 3.82. The third-order valence-corrected chi connectivity index (χ3v) is 1.69. The molecule has 0 aromatic heterocycles. The van der Waals surface area contributed by atoms with Crippen molar-refractivity contribution in [1.82, 2.24) is 5.32 Å². The highest BCUT2D eigenvalue weighted by atomic mass is 35.5. The van der Waals surface area contributed by atoms with Crippen molar-refractivity contribution < 1.29 is 9.90 Å². The Morgan fingerprint density at radius 1 is 1.38 bits per heavy atom. The maximum Gasteiger partial charge on any atom is 0.253 e. The molecule has 13 heavy (non-hydrogen) atoms. The summed E-state index contributed by atoms with van der Waals surface area (Å²) in [6.07, 6.45) is -1.09. The molecule has 0 saturated carbocycles. The second-order valence-electron chi connectivity index (χ2n) is 2.62. The SMILES string of the molecule is CC([O])NC(=O)c1ccc(Cl)cc1. The average Bonchev–Trinajstić information content (AvgIpc) is 2.04. The van der Waals surface area contributed by atoms with Crippen LogP contribution in [0.15, 0.2) is 24.3 Å². The molecule has 0 aliphatic rings. The quantitative estimate of drug-likeness (QED) is 0.725. The summed E-state index contributed by atoms with van der Waals surface area (Å²) in [5.74, 6) is -0.376. The molecule has 1 radical (unpaired) electrons. The van der Waals surface area contributed by atoms with Crippen LogP contribution in [0.5, 0.6) is 0 Å². The van der Waals surface area contributed by atoms with Gasteiger partial charge in [-0.2, -0.15) is 0 Å². The monoisotopic (exact) mass is 198 g/mol. The molecule has 0 heterocycles. The van der Waals surface area contributed by atoms with Gasteiger partial charge in [-0.1, -0.05) is 11.6 Å². The minimum atomic E-state index is -1.09. The van der Waals surface area contributed by atoms with Gasteiger partial charge in [-0.15, -0.1) is 0 Å². The lowest BCUT2D eigenvalue weighted by molar-refractivity contribution is 0.0586. The molecule has 1 aromatic carbocycles. The number of rotatable bonds is 2. The zero-order chi connectivity index (χ0) is 9.84. The summed E-state index contributed by atoms with van der Waals surface area (Å²) >= 11 is 5.63. The van der Waals surface area contributed by atoms with Crippen molar-refractivity contribution in [1.29, 1.82) is 0 Å². The van der Waals surface area contributed by atoms with Gasteiger partial charge in [-0.3, -0.25) is 4.79 Å². The van der Waals surface area contributed by atoms with E-state index in [1.807, 2.05) is 0 Å². The first kappa shape index (κ1) is 10.0. The molecule has 4 heteroatoms. The van der Waals surface area contributed by atoms with Crippen molar-refractivity contribution >= 4 is 17.5 Å². The molecular weight excluding hydrogens is 190 g/mol. The standard InChI is InChI=1S/C9H9ClNO2/c1-6(12)11-9(13)7-2-4-8(10)5-3-7/h2-6H,1H3,(H,11,13). The van der Waals surface area contributed by atoms with Gasteiger partial charge in [0.05, 0.1) is 0 Å². The third-order valence-electron chi connectivity index (χ3n) is 1.44. The van der Waals surface area contributed by atoms with Gasteiger partial charge in [-0.05, 0) is 31.2 Å². The fourth-order valence-corrected chi connectivity index (χ4v) is 0.995. The van der Waals surface area contributed by atoms with Gasteiger partial charge in [0.15, 0.2) is 6.23 Å². The van der Waals surface area contributed by atoms with E-state index in [0.29, 0.717) is 10.6 Å². The lowest BCUT2D eigenvalue weighted by Crippen LogP contribution is -2.31. The molecule has 1 N–H and O–H groups in total. The van der Waals surface area contributed by atoms with Gasteiger partial charge in [0.25, 0.3) is 5.91 Å². The van der Waals surface area contributed by atoms with Crippen LogP contribution in [-0.4, -0.2) is 12.1 Å². The van der Waals surface area contributed by atoms with E-state index in [-0.39, 0.29) is 5.91 Å². The molecule has 1 rings (SSSR count). The Morgan fingerprint density at radius 3 is 2.38 bits per heavy atom. The maximum absolute atomic E-state index is 11.2. The van der Waals surface area contributed by atoms with Crippen molar-refractivity contribution in [3.8, 4) is 0 Å². The minimum Gasteiger partial charge on any atom is -0.324 e. The smallest absolute Gasteiger partial charge is 0.253 e. The highest BCUT2D eigenvalue weighted by Gasteiger charge is 2.07. The van der Waals surface area contributed by atoms with E-state index in [4.69, 9.17) is 11.6 Å². The summed E-state index contributed by atoms with van der Waals surface area (Å²) < 4.78 is 0. The number of hydrogen-bond acceptors (Lipinski definition) is 1. The third kappa shape index (κ3) is 3.05. The number of carbonyl (C=O) groups is 1. The lowest BCUT2D eigenvalue weighted by Gasteiger charge is -2.05. The zero-order valence-corrected chi connectivity index (χ0v) is 7.84. The molecule has 69 valence electrons. The van der Waals surface area contributed by atoms with E-state index in [1.165, 1.54) is 6.92 Å². The Bertz CT molecular complexity index is 295. The van der Waals surface area contributed by atoms with E-state index in [1.54, 1.807) is 24.3 Å². The van der Waals surface area contributed by atoms with Crippen molar-refractivity contribution in [3.63, 3.8) is 0 Å². The van der Waals surface area contributed by atoms with E-state index in [9.17, 15) is 9.90 Å². The highest BCUT2D eigenvalue weighted by molar-refractivity contribution is 6.30. The van der Waals surface area contributed by atoms with Crippen LogP contribution in [0, 0.1) is 0 Å². The number of hydrogen-bond donors (Lipinski definition) is 1.